The van der Waals surface area contributed by atoms with E-state index in [0.717, 1.165) is 23.4 Å². The lowest BCUT2D eigenvalue weighted by Gasteiger charge is -2.51. The second kappa shape index (κ2) is 3.52. The molecule has 0 radical (unpaired) electrons. The SMILES string of the molecule is CC12CCC(C1)C(C)(C)C2(O)c1ccc(Cl)cc1. The van der Waals surface area contributed by atoms with Crippen molar-refractivity contribution in [1.82, 2.24) is 0 Å². The van der Waals surface area contributed by atoms with Gasteiger partial charge in [-0.05, 0) is 42.9 Å². The zero-order valence-corrected chi connectivity index (χ0v) is 12.1. The summed E-state index contributed by atoms with van der Waals surface area (Å²) >= 11 is 5.97. The van der Waals surface area contributed by atoms with Crippen molar-refractivity contribution in [1.29, 1.82) is 0 Å². The Morgan fingerprint density at radius 2 is 1.78 bits per heavy atom. The van der Waals surface area contributed by atoms with Crippen LogP contribution in [-0.2, 0) is 5.60 Å². The molecule has 2 fully saturated rings. The van der Waals surface area contributed by atoms with Gasteiger partial charge in [-0.2, -0.15) is 0 Å². The number of fused-ring (bicyclic) bond motifs is 2. The summed E-state index contributed by atoms with van der Waals surface area (Å²) in [6, 6.07) is 7.77. The van der Waals surface area contributed by atoms with Gasteiger partial charge in [-0.15, -0.1) is 0 Å². The summed E-state index contributed by atoms with van der Waals surface area (Å²) in [6.07, 6.45) is 3.51. The molecule has 3 rings (SSSR count). The van der Waals surface area contributed by atoms with Crippen LogP contribution < -0.4 is 0 Å². The Labute approximate surface area is 114 Å². The van der Waals surface area contributed by atoms with E-state index in [1.54, 1.807) is 0 Å². The molecule has 98 valence electrons. The van der Waals surface area contributed by atoms with Crippen molar-refractivity contribution in [3.63, 3.8) is 0 Å². The van der Waals surface area contributed by atoms with Crippen LogP contribution in [0, 0.1) is 16.7 Å². The first-order valence-electron chi connectivity index (χ1n) is 6.80. The zero-order valence-electron chi connectivity index (χ0n) is 11.3. The van der Waals surface area contributed by atoms with Gasteiger partial charge >= 0.3 is 0 Å². The molecule has 0 aliphatic heterocycles. The molecule has 0 saturated heterocycles. The quantitative estimate of drug-likeness (QED) is 0.798. The molecular weight excluding hydrogens is 244 g/mol. The van der Waals surface area contributed by atoms with Crippen LogP contribution in [0.25, 0.3) is 0 Å². The van der Waals surface area contributed by atoms with E-state index in [2.05, 4.69) is 20.8 Å². The highest BCUT2D eigenvalue weighted by molar-refractivity contribution is 6.30. The number of aliphatic hydroxyl groups is 1. The van der Waals surface area contributed by atoms with Gasteiger partial charge in [-0.1, -0.05) is 44.5 Å². The second-order valence-corrected chi connectivity index (χ2v) is 7.38. The fourth-order valence-electron chi connectivity index (χ4n) is 4.67. The Morgan fingerprint density at radius 3 is 2.28 bits per heavy atom. The molecule has 1 N–H and O–H groups in total. The standard InChI is InChI=1S/C16H21ClO/c1-14(2)12-8-9-15(3,10-12)16(14,18)11-4-6-13(17)7-5-11/h4-7,12,18H,8-10H2,1-3H3. The molecule has 2 heteroatoms. The lowest BCUT2D eigenvalue weighted by molar-refractivity contribution is -0.150. The van der Waals surface area contributed by atoms with Gasteiger partial charge < -0.3 is 5.11 Å². The Hall–Kier alpha value is -0.530. The average molecular weight is 265 g/mol. The van der Waals surface area contributed by atoms with Crippen LogP contribution in [0.4, 0.5) is 0 Å². The highest BCUT2D eigenvalue weighted by Gasteiger charge is 2.68. The summed E-state index contributed by atoms with van der Waals surface area (Å²) in [6.45, 7) is 6.68. The lowest BCUT2D eigenvalue weighted by atomic mass is 9.58. The highest BCUT2D eigenvalue weighted by Crippen LogP contribution is 2.71. The molecule has 0 spiro atoms. The van der Waals surface area contributed by atoms with E-state index in [9.17, 15) is 5.11 Å². The summed E-state index contributed by atoms with van der Waals surface area (Å²) in [4.78, 5) is 0. The molecule has 3 atom stereocenters. The van der Waals surface area contributed by atoms with Gasteiger partial charge in [0.15, 0.2) is 0 Å². The van der Waals surface area contributed by atoms with E-state index in [-0.39, 0.29) is 10.8 Å². The number of halogens is 1. The van der Waals surface area contributed by atoms with E-state index in [1.807, 2.05) is 24.3 Å². The molecule has 18 heavy (non-hydrogen) atoms. The first-order chi connectivity index (χ1) is 8.31. The third-order valence-corrected chi connectivity index (χ3v) is 6.08. The maximum absolute atomic E-state index is 11.5. The average Bonchev–Trinajstić information content (AvgIpc) is 2.78. The maximum Gasteiger partial charge on any atom is 0.100 e. The molecule has 1 aromatic rings. The van der Waals surface area contributed by atoms with Crippen LogP contribution in [0.3, 0.4) is 0 Å². The monoisotopic (exact) mass is 264 g/mol. The van der Waals surface area contributed by atoms with Crippen LogP contribution in [0.15, 0.2) is 24.3 Å². The van der Waals surface area contributed by atoms with Crippen LogP contribution in [0.1, 0.15) is 45.6 Å². The van der Waals surface area contributed by atoms with E-state index >= 15 is 0 Å². The molecular formula is C16H21ClO. The predicted octanol–water partition coefficient (Wildman–Crippen LogP) is 4.37. The van der Waals surface area contributed by atoms with Crippen molar-refractivity contribution in [3.05, 3.63) is 34.9 Å². The van der Waals surface area contributed by atoms with Gasteiger partial charge in [0.05, 0.1) is 0 Å². The van der Waals surface area contributed by atoms with Gasteiger partial charge in [-0.25, -0.2) is 0 Å². The molecule has 1 nitrogen and oxygen atoms in total. The van der Waals surface area contributed by atoms with E-state index in [0.29, 0.717) is 5.92 Å². The first-order valence-corrected chi connectivity index (χ1v) is 7.17. The smallest absolute Gasteiger partial charge is 0.100 e. The van der Waals surface area contributed by atoms with Crippen LogP contribution in [0.5, 0.6) is 0 Å². The van der Waals surface area contributed by atoms with Crippen LogP contribution in [-0.4, -0.2) is 5.11 Å². The highest BCUT2D eigenvalue weighted by atomic mass is 35.5. The summed E-state index contributed by atoms with van der Waals surface area (Å²) in [5, 5.41) is 12.2. The summed E-state index contributed by atoms with van der Waals surface area (Å²) in [5.74, 6) is 0.628. The molecule has 0 aromatic heterocycles. The van der Waals surface area contributed by atoms with Crippen molar-refractivity contribution in [2.45, 2.75) is 45.6 Å². The third-order valence-electron chi connectivity index (χ3n) is 5.83. The Bertz CT molecular complexity index is 472. The first kappa shape index (κ1) is 12.5. The van der Waals surface area contributed by atoms with Crippen molar-refractivity contribution in [3.8, 4) is 0 Å². The van der Waals surface area contributed by atoms with Crippen LogP contribution >= 0.6 is 11.6 Å². The summed E-state index contributed by atoms with van der Waals surface area (Å²) in [5.41, 5.74) is 0.248. The Morgan fingerprint density at radius 1 is 1.17 bits per heavy atom. The molecule has 2 aliphatic carbocycles. The molecule has 0 heterocycles. The molecule has 1 aromatic carbocycles. The molecule has 0 amide bonds. The largest absolute Gasteiger partial charge is 0.384 e. The molecule has 3 unspecified atom stereocenters. The van der Waals surface area contributed by atoms with Crippen molar-refractivity contribution < 1.29 is 5.11 Å². The Balaban J connectivity index is 2.16. The molecule has 2 bridgehead atoms. The van der Waals surface area contributed by atoms with Gasteiger partial charge in [0.1, 0.15) is 5.60 Å². The maximum atomic E-state index is 11.5. The fourth-order valence-corrected chi connectivity index (χ4v) is 4.80. The summed E-state index contributed by atoms with van der Waals surface area (Å²) < 4.78 is 0. The number of hydrogen-bond acceptors (Lipinski definition) is 1. The minimum atomic E-state index is -0.729. The van der Waals surface area contributed by atoms with Crippen molar-refractivity contribution in [2.24, 2.45) is 16.7 Å². The van der Waals surface area contributed by atoms with E-state index in [1.165, 1.54) is 6.42 Å². The normalized spacial score (nSPS) is 41.3. The van der Waals surface area contributed by atoms with Gasteiger partial charge in [0.2, 0.25) is 0 Å². The molecule has 2 aliphatic rings. The minimum absolute atomic E-state index is 0.00892. The van der Waals surface area contributed by atoms with Gasteiger partial charge in [0.25, 0.3) is 0 Å². The van der Waals surface area contributed by atoms with Gasteiger partial charge in [0, 0.05) is 15.9 Å². The van der Waals surface area contributed by atoms with Crippen molar-refractivity contribution in [2.75, 3.05) is 0 Å². The number of benzene rings is 1. The molecule has 2 saturated carbocycles. The second-order valence-electron chi connectivity index (χ2n) is 6.94. The van der Waals surface area contributed by atoms with Crippen molar-refractivity contribution >= 4 is 11.6 Å². The van der Waals surface area contributed by atoms with Gasteiger partial charge in [-0.3, -0.25) is 0 Å². The van der Waals surface area contributed by atoms with E-state index in [4.69, 9.17) is 11.6 Å². The Kier molecular flexibility index (Phi) is 2.44. The lowest BCUT2D eigenvalue weighted by Crippen LogP contribution is -2.51. The zero-order chi connectivity index (χ0) is 13.2. The third kappa shape index (κ3) is 1.27. The fraction of sp³-hybridized carbons (Fsp3) is 0.625. The number of hydrogen-bond donors (Lipinski definition) is 1. The predicted molar refractivity (Wildman–Crippen MR) is 74.6 cm³/mol. The minimum Gasteiger partial charge on any atom is -0.384 e. The van der Waals surface area contributed by atoms with E-state index < -0.39 is 5.60 Å². The summed E-state index contributed by atoms with van der Waals surface area (Å²) in [7, 11) is 0. The number of rotatable bonds is 1. The van der Waals surface area contributed by atoms with Crippen LogP contribution in [0.2, 0.25) is 5.02 Å². The topological polar surface area (TPSA) is 20.2 Å².